The van der Waals surface area contributed by atoms with Crippen molar-refractivity contribution < 1.29 is 19.1 Å². The first-order chi connectivity index (χ1) is 13.8. The maximum atomic E-state index is 11.8. The van der Waals surface area contributed by atoms with Crippen LogP contribution in [0.5, 0.6) is 0 Å². The summed E-state index contributed by atoms with van der Waals surface area (Å²) in [5, 5.41) is 12.8. The van der Waals surface area contributed by atoms with Crippen LogP contribution < -0.4 is 10.4 Å². The molecule has 0 spiro atoms. The van der Waals surface area contributed by atoms with Crippen molar-refractivity contribution in [3.05, 3.63) is 72.8 Å². The predicted molar refractivity (Wildman–Crippen MR) is 120 cm³/mol. The second-order valence-electron chi connectivity index (χ2n) is 8.12. The number of carbonyl (C=O) groups is 1. The number of aliphatic hydroxyl groups is 1. The molecule has 0 aliphatic rings. The first-order valence-corrected chi connectivity index (χ1v) is 11.8. The van der Waals surface area contributed by atoms with Gasteiger partial charge in [-0.15, -0.1) is 0 Å². The largest absolute Gasteiger partial charge is 0.469 e. The van der Waals surface area contributed by atoms with E-state index in [0.717, 1.165) is 10.4 Å². The fraction of sp³-hybridized carbons (Fsp3) is 0.375. The van der Waals surface area contributed by atoms with E-state index in [-0.39, 0.29) is 11.5 Å². The molecule has 0 aliphatic carbocycles. The van der Waals surface area contributed by atoms with Gasteiger partial charge < -0.3 is 14.3 Å². The third-order valence-corrected chi connectivity index (χ3v) is 10.1. The predicted octanol–water partition coefficient (Wildman–Crippen LogP) is 3.43. The van der Waals surface area contributed by atoms with Crippen LogP contribution in [0.25, 0.3) is 0 Å². The van der Waals surface area contributed by atoms with E-state index in [9.17, 15) is 9.90 Å². The standard InChI is InChI=1S/C24H32O4Si/c1-6-13-22(21(25)18-23(26)27-5)28-29(24(2,3)4,19-14-9-7-10-15-19)20-16-11-8-12-17-20/h6-17,21-22,25H,18H2,1-5H3/b13-6+. The summed E-state index contributed by atoms with van der Waals surface area (Å²) in [6.45, 7) is 8.42. The zero-order chi connectivity index (χ0) is 21.5. The summed E-state index contributed by atoms with van der Waals surface area (Å²) >= 11 is 0. The van der Waals surface area contributed by atoms with Crippen LogP contribution in [0.1, 0.15) is 34.1 Å². The Labute approximate surface area is 175 Å². The quantitative estimate of drug-likeness (QED) is 0.410. The van der Waals surface area contributed by atoms with E-state index in [1.165, 1.54) is 7.11 Å². The lowest BCUT2D eigenvalue weighted by atomic mass is 10.1. The van der Waals surface area contributed by atoms with Crippen molar-refractivity contribution in [1.82, 2.24) is 0 Å². The smallest absolute Gasteiger partial charge is 0.308 e. The van der Waals surface area contributed by atoms with Crippen molar-refractivity contribution in [2.75, 3.05) is 7.11 Å². The van der Waals surface area contributed by atoms with Crippen LogP contribution >= 0.6 is 0 Å². The van der Waals surface area contributed by atoms with Gasteiger partial charge >= 0.3 is 5.97 Å². The molecule has 0 saturated heterocycles. The lowest BCUT2D eigenvalue weighted by Gasteiger charge is -2.45. The molecule has 0 fully saturated rings. The molecule has 2 atom stereocenters. The van der Waals surface area contributed by atoms with E-state index in [1.54, 1.807) is 0 Å². The molecule has 0 bridgehead atoms. The summed E-state index contributed by atoms with van der Waals surface area (Å²) in [7, 11) is -1.51. The van der Waals surface area contributed by atoms with Crippen molar-refractivity contribution in [2.45, 2.75) is 51.4 Å². The number of methoxy groups -OCH3 is 1. The molecule has 2 aromatic rings. The van der Waals surface area contributed by atoms with Gasteiger partial charge in [-0.3, -0.25) is 4.79 Å². The summed E-state index contributed by atoms with van der Waals surface area (Å²) in [4.78, 5) is 11.8. The second kappa shape index (κ2) is 10.0. The Hall–Kier alpha value is -2.21. The van der Waals surface area contributed by atoms with E-state index in [1.807, 2.05) is 55.5 Å². The molecule has 156 valence electrons. The highest BCUT2D eigenvalue weighted by molar-refractivity contribution is 6.99. The van der Waals surface area contributed by atoms with Crippen LogP contribution in [-0.4, -0.2) is 38.7 Å². The zero-order valence-electron chi connectivity index (χ0n) is 18.0. The Morgan fingerprint density at radius 1 is 1.03 bits per heavy atom. The van der Waals surface area contributed by atoms with Gasteiger partial charge in [0.05, 0.1) is 25.7 Å². The molecule has 0 aromatic heterocycles. The lowest BCUT2D eigenvalue weighted by molar-refractivity contribution is -0.143. The third kappa shape index (κ3) is 5.24. The van der Waals surface area contributed by atoms with E-state index < -0.39 is 26.5 Å². The van der Waals surface area contributed by atoms with Gasteiger partial charge in [0.1, 0.15) is 0 Å². The summed E-state index contributed by atoms with van der Waals surface area (Å²) in [5.74, 6) is -0.460. The number of benzene rings is 2. The normalized spacial score (nSPS) is 14.6. The number of aliphatic hydroxyl groups excluding tert-OH is 1. The minimum absolute atomic E-state index is 0.121. The van der Waals surface area contributed by atoms with Crippen LogP contribution in [0, 0.1) is 0 Å². The highest BCUT2D eigenvalue weighted by atomic mass is 28.4. The molecule has 0 amide bonds. The fourth-order valence-corrected chi connectivity index (χ4v) is 8.36. The second-order valence-corrected chi connectivity index (χ2v) is 12.4. The minimum atomic E-state index is -2.84. The number of carbonyl (C=O) groups excluding carboxylic acids is 1. The average Bonchev–Trinajstić information content (AvgIpc) is 2.71. The number of esters is 1. The number of rotatable bonds is 8. The van der Waals surface area contributed by atoms with Crippen molar-refractivity contribution in [3.63, 3.8) is 0 Å². The number of hydrogen-bond donors (Lipinski definition) is 1. The topological polar surface area (TPSA) is 55.8 Å². The molecule has 29 heavy (non-hydrogen) atoms. The molecule has 2 rings (SSSR count). The monoisotopic (exact) mass is 412 g/mol. The maximum Gasteiger partial charge on any atom is 0.308 e. The Balaban J connectivity index is 2.64. The van der Waals surface area contributed by atoms with Crippen molar-refractivity contribution in [1.29, 1.82) is 0 Å². The van der Waals surface area contributed by atoms with Gasteiger partial charge in [0, 0.05) is 0 Å². The van der Waals surface area contributed by atoms with Gasteiger partial charge in [0.25, 0.3) is 8.32 Å². The lowest BCUT2D eigenvalue weighted by Crippen LogP contribution is -2.68. The summed E-state index contributed by atoms with van der Waals surface area (Å²) in [6.07, 6.45) is 1.92. The van der Waals surface area contributed by atoms with Crippen molar-refractivity contribution in [3.8, 4) is 0 Å². The van der Waals surface area contributed by atoms with Crippen LogP contribution in [0.4, 0.5) is 0 Å². The first kappa shape index (κ1) is 23.1. The van der Waals surface area contributed by atoms with Crippen LogP contribution in [0.2, 0.25) is 5.04 Å². The number of allylic oxidation sites excluding steroid dienone is 1. The van der Waals surface area contributed by atoms with E-state index >= 15 is 0 Å². The molecule has 0 radical (unpaired) electrons. The van der Waals surface area contributed by atoms with Gasteiger partial charge in [-0.05, 0) is 22.3 Å². The minimum Gasteiger partial charge on any atom is -0.469 e. The molecule has 0 saturated carbocycles. The summed E-state index contributed by atoms with van der Waals surface area (Å²) in [6, 6.07) is 20.5. The van der Waals surface area contributed by atoms with Crippen LogP contribution in [0.3, 0.4) is 0 Å². The van der Waals surface area contributed by atoms with Crippen molar-refractivity contribution in [2.24, 2.45) is 0 Å². The molecule has 2 aromatic carbocycles. The number of ether oxygens (including phenoxy) is 1. The average molecular weight is 413 g/mol. The van der Waals surface area contributed by atoms with Gasteiger partial charge in [0.2, 0.25) is 0 Å². The van der Waals surface area contributed by atoms with Gasteiger partial charge in [0.15, 0.2) is 0 Å². The highest BCUT2D eigenvalue weighted by Gasteiger charge is 2.51. The summed E-state index contributed by atoms with van der Waals surface area (Å²) < 4.78 is 11.7. The molecular weight excluding hydrogens is 380 g/mol. The third-order valence-electron chi connectivity index (χ3n) is 5.09. The molecule has 2 unspecified atom stereocenters. The molecule has 0 aliphatic heterocycles. The van der Waals surface area contributed by atoms with Crippen LogP contribution in [-0.2, 0) is 14.0 Å². The first-order valence-electron chi connectivity index (χ1n) is 9.93. The fourth-order valence-electron chi connectivity index (χ4n) is 3.70. The molecular formula is C24H32O4Si. The molecule has 5 heteroatoms. The van der Waals surface area contributed by atoms with E-state index in [0.29, 0.717) is 0 Å². The summed E-state index contributed by atoms with van der Waals surface area (Å²) in [5.41, 5.74) is 0. The SMILES string of the molecule is C/C=C/C(O[Si](c1ccccc1)(c1ccccc1)C(C)(C)C)C(O)CC(=O)OC. The number of hydrogen-bond acceptors (Lipinski definition) is 4. The Kier molecular flexibility index (Phi) is 7.96. The highest BCUT2D eigenvalue weighted by Crippen LogP contribution is 2.38. The van der Waals surface area contributed by atoms with E-state index in [2.05, 4.69) is 45.0 Å². The molecule has 1 N–H and O–H groups in total. The van der Waals surface area contributed by atoms with Gasteiger partial charge in [-0.1, -0.05) is 93.6 Å². The van der Waals surface area contributed by atoms with Gasteiger partial charge in [-0.25, -0.2) is 0 Å². The van der Waals surface area contributed by atoms with Crippen molar-refractivity contribution >= 4 is 24.7 Å². The van der Waals surface area contributed by atoms with Crippen LogP contribution in [0.15, 0.2) is 72.8 Å². The maximum absolute atomic E-state index is 11.8. The Morgan fingerprint density at radius 2 is 1.52 bits per heavy atom. The Bertz CT molecular complexity index is 757. The van der Waals surface area contributed by atoms with E-state index in [4.69, 9.17) is 9.16 Å². The zero-order valence-corrected chi connectivity index (χ0v) is 19.0. The Morgan fingerprint density at radius 3 is 1.90 bits per heavy atom. The molecule has 0 heterocycles. The van der Waals surface area contributed by atoms with Gasteiger partial charge in [-0.2, -0.15) is 0 Å². The molecule has 4 nitrogen and oxygen atoms in total.